The number of thioether (sulfide) groups is 1. The highest BCUT2D eigenvalue weighted by atomic mass is 32.2. The van der Waals surface area contributed by atoms with Gasteiger partial charge in [-0.3, -0.25) is 9.36 Å². The lowest BCUT2D eigenvalue weighted by Crippen LogP contribution is -2.29. The summed E-state index contributed by atoms with van der Waals surface area (Å²) in [6.07, 6.45) is 1.60. The zero-order chi connectivity index (χ0) is 19.1. The van der Waals surface area contributed by atoms with E-state index in [1.54, 1.807) is 6.26 Å². The number of rotatable bonds is 9. The summed E-state index contributed by atoms with van der Waals surface area (Å²) in [6.45, 7) is 5.58. The predicted octanol–water partition coefficient (Wildman–Crippen LogP) is 3.15. The van der Waals surface area contributed by atoms with Gasteiger partial charge in [0.05, 0.1) is 18.6 Å². The molecule has 3 aromatic rings. The van der Waals surface area contributed by atoms with Crippen molar-refractivity contribution in [3.05, 3.63) is 48.2 Å². The van der Waals surface area contributed by atoms with Gasteiger partial charge in [0, 0.05) is 6.54 Å². The number of aromatic nitrogens is 3. The molecule has 1 N–H and O–H groups in total. The molecule has 0 aliphatic rings. The normalized spacial score (nSPS) is 10.7. The Kier molecular flexibility index (Phi) is 6.54. The van der Waals surface area contributed by atoms with Crippen LogP contribution in [0.2, 0.25) is 0 Å². The number of ether oxygens (including phenoxy) is 1. The minimum absolute atomic E-state index is 0.0713. The standard InChI is InChI=1S/C19H22N4O3S/c1-3-23-18(16-8-5-10-26-16)21-22-19(23)27-13-17(24)20-9-11-25-15-7-4-6-14(2)12-15/h4-8,10,12H,3,9,11,13H2,1-2H3,(H,20,24). The van der Waals surface area contributed by atoms with Crippen LogP contribution in [0.3, 0.4) is 0 Å². The highest BCUT2D eigenvalue weighted by Gasteiger charge is 2.16. The molecule has 0 atom stereocenters. The van der Waals surface area contributed by atoms with Gasteiger partial charge >= 0.3 is 0 Å². The summed E-state index contributed by atoms with van der Waals surface area (Å²) >= 11 is 1.35. The number of carbonyl (C=O) groups excluding carboxylic acids is 1. The molecule has 0 fully saturated rings. The average molecular weight is 386 g/mol. The minimum atomic E-state index is -0.0713. The first-order chi connectivity index (χ1) is 13.2. The third kappa shape index (κ3) is 5.13. The highest BCUT2D eigenvalue weighted by molar-refractivity contribution is 7.99. The van der Waals surface area contributed by atoms with Crippen LogP contribution in [0, 0.1) is 6.92 Å². The molecular weight excluding hydrogens is 364 g/mol. The van der Waals surface area contributed by atoms with Crippen molar-refractivity contribution in [2.45, 2.75) is 25.5 Å². The van der Waals surface area contributed by atoms with E-state index in [9.17, 15) is 4.79 Å². The fraction of sp³-hybridized carbons (Fsp3) is 0.316. The summed E-state index contributed by atoms with van der Waals surface area (Å²) in [5.74, 6) is 2.32. The summed E-state index contributed by atoms with van der Waals surface area (Å²) < 4.78 is 12.9. The van der Waals surface area contributed by atoms with Crippen molar-refractivity contribution < 1.29 is 13.9 Å². The molecule has 7 nitrogen and oxygen atoms in total. The number of nitrogens with zero attached hydrogens (tertiary/aromatic N) is 3. The van der Waals surface area contributed by atoms with Gasteiger partial charge in [0.15, 0.2) is 16.7 Å². The Morgan fingerprint density at radius 1 is 1.30 bits per heavy atom. The van der Waals surface area contributed by atoms with Crippen molar-refractivity contribution in [2.75, 3.05) is 18.9 Å². The van der Waals surface area contributed by atoms with E-state index in [-0.39, 0.29) is 11.7 Å². The minimum Gasteiger partial charge on any atom is -0.492 e. The van der Waals surface area contributed by atoms with Gasteiger partial charge in [0.2, 0.25) is 5.91 Å². The van der Waals surface area contributed by atoms with E-state index in [1.165, 1.54) is 11.8 Å². The molecule has 0 unspecified atom stereocenters. The maximum absolute atomic E-state index is 12.1. The second-order valence-corrected chi connectivity index (χ2v) is 6.77. The Bertz CT molecular complexity index is 877. The van der Waals surface area contributed by atoms with Crippen molar-refractivity contribution in [1.29, 1.82) is 0 Å². The second-order valence-electron chi connectivity index (χ2n) is 5.83. The Morgan fingerprint density at radius 2 is 2.19 bits per heavy atom. The second kappa shape index (κ2) is 9.27. The molecule has 3 rings (SSSR count). The first-order valence-electron chi connectivity index (χ1n) is 8.73. The largest absolute Gasteiger partial charge is 0.492 e. The zero-order valence-corrected chi connectivity index (χ0v) is 16.2. The number of aryl methyl sites for hydroxylation is 1. The van der Waals surface area contributed by atoms with Crippen LogP contribution in [-0.2, 0) is 11.3 Å². The Hall–Kier alpha value is -2.74. The van der Waals surface area contributed by atoms with Gasteiger partial charge in [0.1, 0.15) is 12.4 Å². The fourth-order valence-electron chi connectivity index (χ4n) is 2.51. The first kappa shape index (κ1) is 19.0. The lowest BCUT2D eigenvalue weighted by Gasteiger charge is -2.08. The van der Waals surface area contributed by atoms with Crippen LogP contribution in [0.1, 0.15) is 12.5 Å². The van der Waals surface area contributed by atoms with Gasteiger partial charge in [-0.1, -0.05) is 23.9 Å². The lowest BCUT2D eigenvalue weighted by molar-refractivity contribution is -0.118. The molecule has 0 saturated carbocycles. The van der Waals surface area contributed by atoms with Crippen LogP contribution in [0.15, 0.2) is 52.2 Å². The fourth-order valence-corrected chi connectivity index (χ4v) is 3.35. The molecule has 0 radical (unpaired) electrons. The number of hydrogen-bond acceptors (Lipinski definition) is 6. The Balaban J connectivity index is 1.44. The van der Waals surface area contributed by atoms with Gasteiger partial charge in [-0.05, 0) is 43.7 Å². The van der Waals surface area contributed by atoms with Crippen molar-refractivity contribution in [2.24, 2.45) is 0 Å². The number of benzene rings is 1. The zero-order valence-electron chi connectivity index (χ0n) is 15.3. The number of amides is 1. The van der Waals surface area contributed by atoms with Crippen molar-refractivity contribution in [3.63, 3.8) is 0 Å². The van der Waals surface area contributed by atoms with E-state index in [0.29, 0.717) is 36.4 Å². The van der Waals surface area contributed by atoms with E-state index in [4.69, 9.17) is 9.15 Å². The van der Waals surface area contributed by atoms with E-state index in [1.807, 2.05) is 54.8 Å². The van der Waals surface area contributed by atoms with Gasteiger partial charge in [-0.25, -0.2) is 0 Å². The average Bonchev–Trinajstić information content (AvgIpc) is 3.32. The molecule has 2 aromatic heterocycles. The Labute approximate surface area is 162 Å². The smallest absolute Gasteiger partial charge is 0.230 e. The van der Waals surface area contributed by atoms with Crippen LogP contribution in [0.5, 0.6) is 5.75 Å². The summed E-state index contributed by atoms with van der Waals surface area (Å²) in [4.78, 5) is 12.1. The quantitative estimate of drug-likeness (QED) is 0.449. The van der Waals surface area contributed by atoms with Gasteiger partial charge < -0.3 is 14.5 Å². The van der Waals surface area contributed by atoms with E-state index < -0.39 is 0 Å². The summed E-state index contributed by atoms with van der Waals surface area (Å²) in [5.41, 5.74) is 1.14. The summed E-state index contributed by atoms with van der Waals surface area (Å²) in [7, 11) is 0. The Morgan fingerprint density at radius 3 is 2.93 bits per heavy atom. The maximum atomic E-state index is 12.1. The number of hydrogen-bond donors (Lipinski definition) is 1. The third-order valence-corrected chi connectivity index (χ3v) is 4.76. The number of carbonyl (C=O) groups is 1. The molecule has 0 aliphatic carbocycles. The highest BCUT2D eigenvalue weighted by Crippen LogP contribution is 2.24. The van der Waals surface area contributed by atoms with Gasteiger partial charge in [0.25, 0.3) is 0 Å². The van der Waals surface area contributed by atoms with Crippen molar-refractivity contribution >= 4 is 17.7 Å². The van der Waals surface area contributed by atoms with Crippen LogP contribution >= 0.6 is 11.8 Å². The summed E-state index contributed by atoms with van der Waals surface area (Å²) in [5, 5.41) is 11.9. The molecule has 0 bridgehead atoms. The molecule has 0 saturated heterocycles. The SMILES string of the molecule is CCn1c(SCC(=O)NCCOc2cccc(C)c2)nnc1-c1ccco1. The topological polar surface area (TPSA) is 82.2 Å². The third-order valence-electron chi connectivity index (χ3n) is 3.79. The van der Waals surface area contributed by atoms with E-state index in [0.717, 1.165) is 11.3 Å². The molecule has 1 amide bonds. The molecule has 2 heterocycles. The van der Waals surface area contributed by atoms with Gasteiger partial charge in [-0.2, -0.15) is 0 Å². The molecule has 142 valence electrons. The molecule has 8 heteroatoms. The monoisotopic (exact) mass is 386 g/mol. The predicted molar refractivity (Wildman–Crippen MR) is 104 cm³/mol. The molecule has 0 spiro atoms. The number of furan rings is 1. The van der Waals surface area contributed by atoms with E-state index >= 15 is 0 Å². The molecule has 0 aliphatic heterocycles. The van der Waals surface area contributed by atoms with Crippen LogP contribution in [0.25, 0.3) is 11.6 Å². The lowest BCUT2D eigenvalue weighted by atomic mass is 10.2. The maximum Gasteiger partial charge on any atom is 0.230 e. The first-order valence-corrected chi connectivity index (χ1v) is 9.72. The number of nitrogens with one attached hydrogen (secondary N) is 1. The molecular formula is C19H22N4O3S. The van der Waals surface area contributed by atoms with Crippen LogP contribution in [-0.4, -0.2) is 39.6 Å². The van der Waals surface area contributed by atoms with Crippen molar-refractivity contribution in [1.82, 2.24) is 20.1 Å². The van der Waals surface area contributed by atoms with Crippen LogP contribution < -0.4 is 10.1 Å². The van der Waals surface area contributed by atoms with E-state index in [2.05, 4.69) is 15.5 Å². The summed E-state index contributed by atoms with van der Waals surface area (Å²) in [6, 6.07) is 11.5. The van der Waals surface area contributed by atoms with Crippen molar-refractivity contribution in [3.8, 4) is 17.3 Å². The molecule has 27 heavy (non-hydrogen) atoms. The van der Waals surface area contributed by atoms with Crippen LogP contribution in [0.4, 0.5) is 0 Å². The van der Waals surface area contributed by atoms with Gasteiger partial charge in [-0.15, -0.1) is 10.2 Å². The molecule has 1 aromatic carbocycles.